The highest BCUT2D eigenvalue weighted by Crippen LogP contribution is 2.31. The summed E-state index contributed by atoms with van der Waals surface area (Å²) in [6.45, 7) is 3.95. The van der Waals surface area contributed by atoms with Gasteiger partial charge in [-0.15, -0.1) is 11.3 Å². The highest BCUT2D eigenvalue weighted by Gasteiger charge is 2.11. The Balaban J connectivity index is 2.11. The van der Waals surface area contributed by atoms with Crippen LogP contribution in [0.2, 0.25) is 0 Å². The second kappa shape index (κ2) is 5.17. The first-order valence-electron chi connectivity index (χ1n) is 6.46. The summed E-state index contributed by atoms with van der Waals surface area (Å²) in [4.78, 5) is 11.0. The molecule has 0 aliphatic rings. The van der Waals surface area contributed by atoms with E-state index in [4.69, 9.17) is 0 Å². The molecule has 102 valence electrons. The van der Waals surface area contributed by atoms with E-state index < -0.39 is 0 Å². The molecule has 1 aromatic carbocycles. The molecule has 0 atom stereocenters. The number of aryl methyl sites for hydroxylation is 2. The molecule has 2 heterocycles. The molecule has 0 saturated carbocycles. The van der Waals surface area contributed by atoms with Crippen molar-refractivity contribution in [2.75, 3.05) is 5.32 Å². The molecule has 3 rings (SSSR count). The number of hydrogen-bond acceptors (Lipinski definition) is 4. The normalized spacial score (nSPS) is 10.9. The summed E-state index contributed by atoms with van der Waals surface area (Å²) in [7, 11) is 0. The lowest BCUT2D eigenvalue weighted by molar-refractivity contribution is 0.632. The zero-order valence-electron chi connectivity index (χ0n) is 11.3. The van der Waals surface area contributed by atoms with Crippen LogP contribution < -0.4 is 5.32 Å². The molecule has 0 unspecified atom stereocenters. The number of anilines is 2. The minimum absolute atomic E-state index is 0.289. The van der Waals surface area contributed by atoms with Crippen molar-refractivity contribution in [2.45, 2.75) is 20.3 Å². The second-order valence-electron chi connectivity index (χ2n) is 4.51. The van der Waals surface area contributed by atoms with E-state index in [1.165, 1.54) is 10.9 Å². The molecule has 3 nitrogen and oxygen atoms in total. The topological polar surface area (TPSA) is 37.8 Å². The smallest absolute Gasteiger partial charge is 0.146 e. The van der Waals surface area contributed by atoms with Gasteiger partial charge in [-0.25, -0.2) is 14.4 Å². The fourth-order valence-corrected chi connectivity index (χ4v) is 3.05. The van der Waals surface area contributed by atoms with Crippen molar-refractivity contribution >= 4 is 33.1 Å². The molecular formula is C15H14FN3S. The maximum atomic E-state index is 13.7. The molecule has 0 bridgehead atoms. The Bertz CT molecular complexity index is 767. The quantitative estimate of drug-likeness (QED) is 0.773. The second-order valence-corrected chi connectivity index (χ2v) is 5.62. The van der Waals surface area contributed by atoms with Gasteiger partial charge in [0.25, 0.3) is 0 Å². The number of thiophene rings is 1. The van der Waals surface area contributed by atoms with Gasteiger partial charge in [0.15, 0.2) is 0 Å². The number of rotatable bonds is 3. The van der Waals surface area contributed by atoms with Crippen LogP contribution in [0.3, 0.4) is 0 Å². The third-order valence-electron chi connectivity index (χ3n) is 3.03. The molecule has 0 aliphatic carbocycles. The summed E-state index contributed by atoms with van der Waals surface area (Å²) in [6.07, 6.45) is 0.958. The van der Waals surface area contributed by atoms with Crippen LogP contribution in [0.5, 0.6) is 0 Å². The molecule has 20 heavy (non-hydrogen) atoms. The van der Waals surface area contributed by atoms with E-state index in [0.717, 1.165) is 16.6 Å². The first-order chi connectivity index (χ1) is 9.67. The zero-order valence-corrected chi connectivity index (χ0v) is 12.1. The lowest BCUT2D eigenvalue weighted by Gasteiger charge is -2.08. The largest absolute Gasteiger partial charge is 0.337 e. The SMILES string of the molecule is CCc1cc2c(Nc3ccccc3F)nc(C)nc2s1. The predicted molar refractivity (Wildman–Crippen MR) is 81.2 cm³/mol. The molecule has 0 aliphatic heterocycles. The van der Waals surface area contributed by atoms with E-state index in [2.05, 4.69) is 28.3 Å². The van der Waals surface area contributed by atoms with Crippen LogP contribution >= 0.6 is 11.3 Å². The molecule has 3 aromatic rings. The van der Waals surface area contributed by atoms with E-state index >= 15 is 0 Å². The summed E-state index contributed by atoms with van der Waals surface area (Å²) >= 11 is 1.66. The molecule has 2 aromatic heterocycles. The number of para-hydroxylation sites is 1. The van der Waals surface area contributed by atoms with Crippen molar-refractivity contribution in [3.63, 3.8) is 0 Å². The molecule has 0 saturated heterocycles. The summed E-state index contributed by atoms with van der Waals surface area (Å²) in [5, 5.41) is 4.02. The van der Waals surface area contributed by atoms with Gasteiger partial charge in [0.05, 0.1) is 11.1 Å². The van der Waals surface area contributed by atoms with Crippen molar-refractivity contribution in [2.24, 2.45) is 0 Å². The lowest BCUT2D eigenvalue weighted by atomic mass is 10.2. The minimum atomic E-state index is -0.289. The van der Waals surface area contributed by atoms with E-state index in [1.54, 1.807) is 29.5 Å². The monoisotopic (exact) mass is 287 g/mol. The first kappa shape index (κ1) is 13.0. The zero-order chi connectivity index (χ0) is 14.1. The van der Waals surface area contributed by atoms with E-state index in [1.807, 2.05) is 6.92 Å². The Labute approximate surface area is 120 Å². The Hall–Kier alpha value is -2.01. The standard InChI is InChI=1S/C15H14FN3S/c1-3-10-8-11-14(17-9(2)18-15(11)20-10)19-13-7-5-4-6-12(13)16/h4-8H,3H2,1-2H3,(H,17,18,19). The van der Waals surface area contributed by atoms with Crippen LogP contribution in [0, 0.1) is 12.7 Å². The van der Waals surface area contributed by atoms with Crippen LogP contribution in [0.25, 0.3) is 10.2 Å². The minimum Gasteiger partial charge on any atom is -0.337 e. The summed E-state index contributed by atoms with van der Waals surface area (Å²) in [5.74, 6) is 1.05. The number of aromatic nitrogens is 2. The summed E-state index contributed by atoms with van der Waals surface area (Å²) < 4.78 is 13.7. The number of hydrogen-bond donors (Lipinski definition) is 1. The Morgan fingerprint density at radius 3 is 2.80 bits per heavy atom. The fraction of sp³-hybridized carbons (Fsp3) is 0.200. The molecule has 0 fully saturated rings. The Morgan fingerprint density at radius 1 is 1.25 bits per heavy atom. The van der Waals surface area contributed by atoms with Gasteiger partial charge in [-0.2, -0.15) is 0 Å². The van der Waals surface area contributed by atoms with Crippen LogP contribution in [0.15, 0.2) is 30.3 Å². The highest BCUT2D eigenvalue weighted by atomic mass is 32.1. The van der Waals surface area contributed by atoms with Gasteiger partial charge in [-0.05, 0) is 31.5 Å². The van der Waals surface area contributed by atoms with Gasteiger partial charge in [-0.3, -0.25) is 0 Å². The van der Waals surface area contributed by atoms with Crippen molar-refractivity contribution in [3.8, 4) is 0 Å². The van der Waals surface area contributed by atoms with Crippen LogP contribution in [-0.4, -0.2) is 9.97 Å². The van der Waals surface area contributed by atoms with Crippen molar-refractivity contribution in [3.05, 3.63) is 46.9 Å². The first-order valence-corrected chi connectivity index (χ1v) is 7.27. The maximum absolute atomic E-state index is 13.7. The van der Waals surface area contributed by atoms with E-state index in [0.29, 0.717) is 17.3 Å². The predicted octanol–water partition coefficient (Wildman–Crippen LogP) is 4.44. The Morgan fingerprint density at radius 2 is 2.05 bits per heavy atom. The van der Waals surface area contributed by atoms with E-state index in [-0.39, 0.29) is 5.82 Å². The Kier molecular flexibility index (Phi) is 3.36. The molecule has 0 amide bonds. The van der Waals surface area contributed by atoms with Gasteiger partial charge < -0.3 is 5.32 Å². The fourth-order valence-electron chi connectivity index (χ4n) is 2.04. The highest BCUT2D eigenvalue weighted by molar-refractivity contribution is 7.18. The van der Waals surface area contributed by atoms with Crippen molar-refractivity contribution in [1.29, 1.82) is 0 Å². The molecule has 0 radical (unpaired) electrons. The summed E-state index contributed by atoms with van der Waals surface area (Å²) in [5.41, 5.74) is 0.427. The van der Waals surface area contributed by atoms with E-state index in [9.17, 15) is 4.39 Å². The average Bonchev–Trinajstić information content (AvgIpc) is 2.84. The number of nitrogens with one attached hydrogen (secondary N) is 1. The molecule has 5 heteroatoms. The number of nitrogens with zero attached hydrogens (tertiary/aromatic N) is 2. The average molecular weight is 287 g/mol. The van der Waals surface area contributed by atoms with Gasteiger partial charge in [0.2, 0.25) is 0 Å². The maximum Gasteiger partial charge on any atom is 0.146 e. The van der Waals surface area contributed by atoms with Crippen molar-refractivity contribution in [1.82, 2.24) is 9.97 Å². The summed E-state index contributed by atoms with van der Waals surface area (Å²) in [6, 6.07) is 8.66. The van der Waals surface area contributed by atoms with Gasteiger partial charge in [0.1, 0.15) is 22.3 Å². The van der Waals surface area contributed by atoms with Crippen LogP contribution in [0.1, 0.15) is 17.6 Å². The third-order valence-corrected chi connectivity index (χ3v) is 4.20. The number of fused-ring (bicyclic) bond motifs is 1. The number of benzene rings is 1. The van der Waals surface area contributed by atoms with Gasteiger partial charge in [0, 0.05) is 4.88 Å². The van der Waals surface area contributed by atoms with Crippen LogP contribution in [-0.2, 0) is 6.42 Å². The molecule has 0 spiro atoms. The van der Waals surface area contributed by atoms with Crippen molar-refractivity contribution < 1.29 is 4.39 Å². The number of halogens is 1. The lowest BCUT2D eigenvalue weighted by Crippen LogP contribution is -1.99. The molecule has 1 N–H and O–H groups in total. The van der Waals surface area contributed by atoms with Gasteiger partial charge in [-0.1, -0.05) is 19.1 Å². The van der Waals surface area contributed by atoms with Gasteiger partial charge >= 0.3 is 0 Å². The van der Waals surface area contributed by atoms with Crippen LogP contribution in [0.4, 0.5) is 15.9 Å². The third kappa shape index (κ3) is 2.36. The molecular weight excluding hydrogens is 273 g/mol.